The number of hydrogen-bond donors (Lipinski definition) is 1. The molecule has 0 amide bonds. The molecule has 1 N–H and O–H groups in total. The van der Waals surface area contributed by atoms with Crippen molar-refractivity contribution < 1.29 is 0 Å². The molecule has 2 rings (SSSR count). The van der Waals surface area contributed by atoms with Crippen molar-refractivity contribution in [1.82, 2.24) is 4.98 Å². The maximum absolute atomic E-state index is 9.04. The molecule has 90 valence electrons. The third-order valence-electron chi connectivity index (χ3n) is 3.61. The van der Waals surface area contributed by atoms with Gasteiger partial charge in [0.05, 0.1) is 5.56 Å². The molecule has 0 spiro atoms. The Hall–Kier alpha value is -1.56. The van der Waals surface area contributed by atoms with Crippen molar-refractivity contribution in [3.8, 4) is 6.07 Å². The zero-order valence-electron chi connectivity index (χ0n) is 10.3. The maximum atomic E-state index is 9.04. The normalized spacial score (nSPS) is 24.7. The van der Waals surface area contributed by atoms with Crippen molar-refractivity contribution in [3.05, 3.63) is 23.9 Å². The van der Waals surface area contributed by atoms with Crippen LogP contribution in [0.15, 0.2) is 18.3 Å². The molecule has 0 aliphatic heterocycles. The first-order valence-electron chi connectivity index (χ1n) is 6.43. The predicted octanol–water partition coefficient (Wildman–Crippen LogP) is 3.33. The van der Waals surface area contributed by atoms with E-state index in [9.17, 15) is 0 Å². The van der Waals surface area contributed by atoms with Gasteiger partial charge in [-0.05, 0) is 30.9 Å². The molecule has 1 saturated carbocycles. The van der Waals surface area contributed by atoms with Gasteiger partial charge in [0.1, 0.15) is 11.9 Å². The quantitative estimate of drug-likeness (QED) is 0.791. The molecule has 0 radical (unpaired) electrons. The number of nitriles is 1. The molecule has 17 heavy (non-hydrogen) atoms. The molecule has 1 aromatic rings. The standard InChI is InChI=1S/C14H19N3/c1-11-6-3-2-4-8-13(11)17-14-12(10-15)7-5-9-16-14/h5,7,9,11,13H,2-4,6,8H2,1H3,(H,16,17). The Kier molecular flexibility index (Phi) is 3.98. The number of nitrogens with one attached hydrogen (secondary N) is 1. The van der Waals surface area contributed by atoms with Gasteiger partial charge >= 0.3 is 0 Å². The van der Waals surface area contributed by atoms with Crippen LogP contribution in [0.3, 0.4) is 0 Å². The van der Waals surface area contributed by atoms with Crippen LogP contribution in [0.1, 0.15) is 44.6 Å². The van der Waals surface area contributed by atoms with Crippen molar-refractivity contribution in [2.75, 3.05) is 5.32 Å². The summed E-state index contributed by atoms with van der Waals surface area (Å²) in [6, 6.07) is 6.27. The lowest BCUT2D eigenvalue weighted by atomic mass is 9.97. The second-order valence-corrected chi connectivity index (χ2v) is 4.88. The molecule has 1 aliphatic carbocycles. The van der Waals surface area contributed by atoms with E-state index in [0.29, 0.717) is 17.5 Å². The molecular weight excluding hydrogens is 210 g/mol. The molecule has 2 unspecified atom stereocenters. The highest BCUT2D eigenvalue weighted by Gasteiger charge is 2.20. The maximum Gasteiger partial charge on any atom is 0.144 e. The predicted molar refractivity (Wildman–Crippen MR) is 68.6 cm³/mol. The molecule has 1 aromatic heterocycles. The van der Waals surface area contributed by atoms with Crippen molar-refractivity contribution in [2.24, 2.45) is 5.92 Å². The first-order valence-corrected chi connectivity index (χ1v) is 6.43. The fourth-order valence-electron chi connectivity index (χ4n) is 2.49. The largest absolute Gasteiger partial charge is 0.366 e. The Morgan fingerprint density at radius 3 is 3.00 bits per heavy atom. The van der Waals surface area contributed by atoms with Crippen LogP contribution < -0.4 is 5.32 Å². The molecule has 1 heterocycles. The molecule has 0 bridgehead atoms. The monoisotopic (exact) mass is 229 g/mol. The average molecular weight is 229 g/mol. The summed E-state index contributed by atoms with van der Waals surface area (Å²) in [5, 5.41) is 12.5. The molecule has 0 saturated heterocycles. The second kappa shape index (κ2) is 5.67. The zero-order valence-corrected chi connectivity index (χ0v) is 10.3. The number of pyridine rings is 1. The number of nitrogens with zero attached hydrogens (tertiary/aromatic N) is 2. The first kappa shape index (κ1) is 11.9. The van der Waals surface area contributed by atoms with Gasteiger partial charge in [0.25, 0.3) is 0 Å². The van der Waals surface area contributed by atoms with Crippen LogP contribution in [0.25, 0.3) is 0 Å². The summed E-state index contributed by atoms with van der Waals surface area (Å²) in [6.45, 7) is 2.29. The van der Waals surface area contributed by atoms with Crippen LogP contribution in [-0.2, 0) is 0 Å². The number of hydrogen-bond acceptors (Lipinski definition) is 3. The molecular formula is C14H19N3. The molecule has 0 aromatic carbocycles. The van der Waals surface area contributed by atoms with Crippen LogP contribution in [0, 0.1) is 17.2 Å². The Balaban J connectivity index is 2.11. The molecule has 3 nitrogen and oxygen atoms in total. The zero-order chi connectivity index (χ0) is 12.1. The van der Waals surface area contributed by atoms with Gasteiger partial charge in [0.2, 0.25) is 0 Å². The van der Waals surface area contributed by atoms with Crippen molar-refractivity contribution in [1.29, 1.82) is 5.26 Å². The number of rotatable bonds is 2. The molecule has 2 atom stereocenters. The highest BCUT2D eigenvalue weighted by molar-refractivity contribution is 5.51. The smallest absolute Gasteiger partial charge is 0.144 e. The van der Waals surface area contributed by atoms with E-state index in [1.54, 1.807) is 12.3 Å². The lowest BCUT2D eigenvalue weighted by molar-refractivity contribution is 0.455. The van der Waals surface area contributed by atoms with E-state index in [1.165, 1.54) is 32.1 Å². The SMILES string of the molecule is CC1CCCCCC1Nc1ncccc1C#N. The number of anilines is 1. The highest BCUT2D eigenvalue weighted by atomic mass is 15.0. The van der Waals surface area contributed by atoms with Gasteiger partial charge in [0, 0.05) is 12.2 Å². The van der Waals surface area contributed by atoms with Gasteiger partial charge in [-0.3, -0.25) is 0 Å². The van der Waals surface area contributed by atoms with Gasteiger partial charge < -0.3 is 5.32 Å². The third kappa shape index (κ3) is 2.97. The third-order valence-corrected chi connectivity index (χ3v) is 3.61. The fraction of sp³-hybridized carbons (Fsp3) is 0.571. The van der Waals surface area contributed by atoms with E-state index in [0.717, 1.165) is 5.82 Å². The van der Waals surface area contributed by atoms with Crippen LogP contribution in [-0.4, -0.2) is 11.0 Å². The van der Waals surface area contributed by atoms with Crippen LogP contribution >= 0.6 is 0 Å². The lowest BCUT2D eigenvalue weighted by Crippen LogP contribution is -2.27. The summed E-state index contributed by atoms with van der Waals surface area (Å²) < 4.78 is 0. The first-order chi connectivity index (χ1) is 8.31. The molecule has 1 aliphatic rings. The van der Waals surface area contributed by atoms with E-state index in [2.05, 4.69) is 23.3 Å². The van der Waals surface area contributed by atoms with Crippen LogP contribution in [0.4, 0.5) is 5.82 Å². The van der Waals surface area contributed by atoms with E-state index in [1.807, 2.05) is 6.07 Å². The summed E-state index contributed by atoms with van der Waals surface area (Å²) in [4.78, 5) is 4.28. The van der Waals surface area contributed by atoms with E-state index >= 15 is 0 Å². The van der Waals surface area contributed by atoms with E-state index < -0.39 is 0 Å². The van der Waals surface area contributed by atoms with Gasteiger partial charge in [-0.15, -0.1) is 0 Å². The lowest BCUT2D eigenvalue weighted by Gasteiger charge is -2.23. The molecule has 3 heteroatoms. The Morgan fingerprint density at radius 2 is 2.18 bits per heavy atom. The van der Waals surface area contributed by atoms with Crippen molar-refractivity contribution >= 4 is 5.82 Å². The van der Waals surface area contributed by atoms with Gasteiger partial charge in [-0.25, -0.2) is 4.98 Å². The van der Waals surface area contributed by atoms with Crippen molar-refractivity contribution in [2.45, 2.75) is 45.1 Å². The van der Waals surface area contributed by atoms with Gasteiger partial charge in [0.15, 0.2) is 0 Å². The number of aromatic nitrogens is 1. The second-order valence-electron chi connectivity index (χ2n) is 4.88. The van der Waals surface area contributed by atoms with Crippen LogP contribution in [0.5, 0.6) is 0 Å². The summed E-state index contributed by atoms with van der Waals surface area (Å²) in [5.41, 5.74) is 0.643. The summed E-state index contributed by atoms with van der Waals surface area (Å²) in [7, 11) is 0. The Bertz CT molecular complexity index is 408. The summed E-state index contributed by atoms with van der Waals surface area (Å²) in [5.74, 6) is 1.40. The minimum Gasteiger partial charge on any atom is -0.366 e. The average Bonchev–Trinajstić information content (AvgIpc) is 2.56. The Morgan fingerprint density at radius 1 is 1.35 bits per heavy atom. The fourth-order valence-corrected chi connectivity index (χ4v) is 2.49. The highest BCUT2D eigenvalue weighted by Crippen LogP contribution is 2.26. The summed E-state index contributed by atoms with van der Waals surface area (Å²) in [6.07, 6.45) is 8.12. The van der Waals surface area contributed by atoms with Gasteiger partial charge in [-0.2, -0.15) is 5.26 Å². The van der Waals surface area contributed by atoms with Gasteiger partial charge in [-0.1, -0.05) is 26.2 Å². The summed E-state index contributed by atoms with van der Waals surface area (Å²) >= 11 is 0. The minimum absolute atomic E-state index is 0.458. The molecule has 1 fully saturated rings. The minimum atomic E-state index is 0.458. The van der Waals surface area contributed by atoms with E-state index in [4.69, 9.17) is 5.26 Å². The topological polar surface area (TPSA) is 48.7 Å². The Labute approximate surface area is 103 Å². The van der Waals surface area contributed by atoms with Crippen LogP contribution in [0.2, 0.25) is 0 Å². The van der Waals surface area contributed by atoms with E-state index in [-0.39, 0.29) is 0 Å². The van der Waals surface area contributed by atoms with Crippen molar-refractivity contribution in [3.63, 3.8) is 0 Å².